The molecule has 1 atom stereocenters. The molecule has 1 aliphatic heterocycles. The second kappa shape index (κ2) is 6.43. The number of carbonyl (C=O) groups excluding carboxylic acids is 1. The van der Waals surface area contributed by atoms with E-state index >= 15 is 0 Å². The molecule has 0 spiro atoms. The molecule has 0 saturated carbocycles. The first kappa shape index (κ1) is 17.3. The number of para-hydroxylation sites is 1. The fourth-order valence-corrected chi connectivity index (χ4v) is 2.78. The quantitative estimate of drug-likeness (QED) is 0.852. The highest BCUT2D eigenvalue weighted by Gasteiger charge is 2.43. The van der Waals surface area contributed by atoms with Crippen LogP contribution in [0.2, 0.25) is 0 Å². The molecule has 2 aromatic rings. The first-order valence-electron chi connectivity index (χ1n) is 7.56. The number of nitrogens with one attached hydrogen (secondary N) is 1. The molecule has 2 heterocycles. The van der Waals surface area contributed by atoms with E-state index in [4.69, 9.17) is 0 Å². The molecule has 1 aromatic carbocycles. The van der Waals surface area contributed by atoms with Crippen molar-refractivity contribution in [2.45, 2.75) is 18.6 Å². The summed E-state index contributed by atoms with van der Waals surface area (Å²) in [5.41, 5.74) is -2.66. The van der Waals surface area contributed by atoms with E-state index in [-0.39, 0.29) is 6.04 Å². The van der Waals surface area contributed by atoms with Gasteiger partial charge in [-0.25, -0.2) is 9.07 Å². The van der Waals surface area contributed by atoms with E-state index in [1.54, 1.807) is 0 Å². The van der Waals surface area contributed by atoms with E-state index in [0.29, 0.717) is 24.2 Å². The van der Waals surface area contributed by atoms with Gasteiger partial charge in [-0.3, -0.25) is 4.79 Å². The summed E-state index contributed by atoms with van der Waals surface area (Å²) in [5, 5.41) is 9.83. The molecule has 0 bridgehead atoms. The van der Waals surface area contributed by atoms with Crippen molar-refractivity contribution in [2.75, 3.05) is 20.1 Å². The third-order valence-corrected chi connectivity index (χ3v) is 4.12. The predicted molar refractivity (Wildman–Crippen MR) is 79.7 cm³/mol. The van der Waals surface area contributed by atoms with Gasteiger partial charge in [0, 0.05) is 19.6 Å². The Labute approximate surface area is 140 Å². The van der Waals surface area contributed by atoms with Crippen LogP contribution in [0.5, 0.6) is 0 Å². The van der Waals surface area contributed by atoms with Crippen molar-refractivity contribution in [3.63, 3.8) is 0 Å². The maximum absolute atomic E-state index is 13.9. The van der Waals surface area contributed by atoms with E-state index in [1.807, 2.05) is 0 Å². The number of amides is 1. The largest absolute Gasteiger partial charge is 0.435 e. The minimum Gasteiger partial charge on any atom is -0.336 e. The van der Waals surface area contributed by atoms with Crippen LogP contribution < -0.4 is 5.32 Å². The average Bonchev–Trinajstić information content (AvgIpc) is 3.23. The number of hydrogen-bond donors (Lipinski definition) is 1. The number of carbonyl (C=O) groups is 1. The van der Waals surface area contributed by atoms with Crippen LogP contribution in [-0.4, -0.2) is 52.0 Å². The lowest BCUT2D eigenvalue weighted by Gasteiger charge is -2.23. The minimum atomic E-state index is -4.93. The molecule has 1 N–H and O–H groups in total. The standard InChI is InChI=1S/C15H15F4N5O/c1-23(9-6-7-20-8-9)14(25)12-13(15(17,18)19)24(22-21-12)11-5-3-2-4-10(11)16/h2-5,9,20H,6-8H2,1H3. The Hall–Kier alpha value is -2.49. The Morgan fingerprint density at radius 2 is 2.08 bits per heavy atom. The Balaban J connectivity index is 2.06. The van der Waals surface area contributed by atoms with Crippen molar-refractivity contribution < 1.29 is 22.4 Å². The highest BCUT2D eigenvalue weighted by atomic mass is 19.4. The van der Waals surface area contributed by atoms with E-state index in [1.165, 1.54) is 24.1 Å². The third kappa shape index (κ3) is 3.21. The number of hydrogen-bond acceptors (Lipinski definition) is 4. The molecule has 1 unspecified atom stereocenters. The van der Waals surface area contributed by atoms with Crippen LogP contribution in [0.25, 0.3) is 5.69 Å². The third-order valence-electron chi connectivity index (χ3n) is 4.12. The fourth-order valence-electron chi connectivity index (χ4n) is 2.78. The van der Waals surface area contributed by atoms with Crippen LogP contribution in [0, 0.1) is 5.82 Å². The van der Waals surface area contributed by atoms with Crippen LogP contribution in [0.1, 0.15) is 22.6 Å². The average molecular weight is 357 g/mol. The number of likely N-dealkylation sites (N-methyl/N-ethyl adjacent to an activating group) is 1. The number of rotatable bonds is 3. The van der Waals surface area contributed by atoms with Gasteiger partial charge in [-0.05, 0) is 25.1 Å². The van der Waals surface area contributed by atoms with Crippen molar-refractivity contribution in [2.24, 2.45) is 0 Å². The summed E-state index contributed by atoms with van der Waals surface area (Å²) < 4.78 is 54.9. The van der Waals surface area contributed by atoms with Gasteiger partial charge >= 0.3 is 6.18 Å². The second-order valence-electron chi connectivity index (χ2n) is 5.71. The van der Waals surface area contributed by atoms with Gasteiger partial charge in [-0.1, -0.05) is 17.3 Å². The van der Waals surface area contributed by atoms with E-state index in [9.17, 15) is 22.4 Å². The van der Waals surface area contributed by atoms with Gasteiger partial charge in [-0.15, -0.1) is 5.10 Å². The first-order chi connectivity index (χ1) is 11.8. The van der Waals surface area contributed by atoms with Gasteiger partial charge < -0.3 is 10.2 Å². The molecular formula is C15H15F4N5O. The zero-order valence-corrected chi connectivity index (χ0v) is 13.2. The van der Waals surface area contributed by atoms with Gasteiger partial charge in [-0.2, -0.15) is 13.2 Å². The van der Waals surface area contributed by atoms with Gasteiger partial charge in [0.1, 0.15) is 11.5 Å². The summed E-state index contributed by atoms with van der Waals surface area (Å²) in [4.78, 5) is 13.7. The maximum Gasteiger partial charge on any atom is 0.435 e. The van der Waals surface area contributed by atoms with E-state index in [2.05, 4.69) is 15.6 Å². The van der Waals surface area contributed by atoms with Crippen LogP contribution in [0.15, 0.2) is 24.3 Å². The number of aromatic nitrogens is 3. The second-order valence-corrected chi connectivity index (χ2v) is 5.71. The van der Waals surface area contributed by atoms with Crippen molar-refractivity contribution >= 4 is 5.91 Å². The van der Waals surface area contributed by atoms with Crippen LogP contribution in [0.3, 0.4) is 0 Å². The van der Waals surface area contributed by atoms with Gasteiger partial charge in [0.2, 0.25) is 0 Å². The molecule has 3 rings (SSSR count). The monoisotopic (exact) mass is 357 g/mol. The lowest BCUT2D eigenvalue weighted by atomic mass is 10.2. The highest BCUT2D eigenvalue weighted by Crippen LogP contribution is 2.33. The summed E-state index contributed by atoms with van der Waals surface area (Å²) >= 11 is 0. The normalized spacial score (nSPS) is 17.7. The Bertz CT molecular complexity index is 782. The van der Waals surface area contributed by atoms with Crippen LogP contribution >= 0.6 is 0 Å². The van der Waals surface area contributed by atoms with Gasteiger partial charge in [0.15, 0.2) is 11.4 Å². The molecular weight excluding hydrogens is 342 g/mol. The lowest BCUT2D eigenvalue weighted by Crippen LogP contribution is -2.39. The van der Waals surface area contributed by atoms with E-state index < -0.39 is 35.0 Å². The number of alkyl halides is 3. The Morgan fingerprint density at radius 1 is 1.36 bits per heavy atom. The molecule has 0 aliphatic carbocycles. The maximum atomic E-state index is 13.9. The van der Waals surface area contributed by atoms with Crippen LogP contribution in [0.4, 0.5) is 17.6 Å². The van der Waals surface area contributed by atoms with Crippen molar-refractivity contribution in [3.05, 3.63) is 41.5 Å². The van der Waals surface area contributed by atoms with Crippen molar-refractivity contribution in [1.82, 2.24) is 25.2 Å². The summed E-state index contributed by atoms with van der Waals surface area (Å²) in [7, 11) is 1.42. The zero-order valence-electron chi connectivity index (χ0n) is 13.2. The van der Waals surface area contributed by atoms with E-state index in [0.717, 1.165) is 12.1 Å². The molecule has 6 nitrogen and oxygen atoms in total. The minimum absolute atomic E-state index is 0.229. The van der Waals surface area contributed by atoms with Crippen molar-refractivity contribution in [3.8, 4) is 5.69 Å². The SMILES string of the molecule is CN(C(=O)c1nnn(-c2ccccc2F)c1C(F)(F)F)C1CCNC1. The topological polar surface area (TPSA) is 63.1 Å². The number of nitrogens with zero attached hydrogens (tertiary/aromatic N) is 4. The molecule has 1 fully saturated rings. The molecule has 1 saturated heterocycles. The first-order valence-corrected chi connectivity index (χ1v) is 7.56. The summed E-state index contributed by atoms with van der Waals surface area (Å²) in [5.74, 6) is -1.80. The molecule has 1 aliphatic rings. The summed E-state index contributed by atoms with van der Waals surface area (Å²) in [6.07, 6.45) is -4.30. The molecule has 1 amide bonds. The Kier molecular flexibility index (Phi) is 4.46. The van der Waals surface area contributed by atoms with Crippen LogP contribution in [-0.2, 0) is 6.18 Å². The zero-order chi connectivity index (χ0) is 18.2. The summed E-state index contributed by atoms with van der Waals surface area (Å²) in [6, 6.07) is 4.63. The number of benzene rings is 1. The smallest absolute Gasteiger partial charge is 0.336 e. The van der Waals surface area contributed by atoms with Gasteiger partial charge in [0.05, 0.1) is 0 Å². The number of halogens is 4. The highest BCUT2D eigenvalue weighted by molar-refractivity contribution is 5.93. The molecule has 0 radical (unpaired) electrons. The molecule has 25 heavy (non-hydrogen) atoms. The van der Waals surface area contributed by atoms with Gasteiger partial charge in [0.25, 0.3) is 5.91 Å². The Morgan fingerprint density at radius 3 is 2.68 bits per heavy atom. The van der Waals surface area contributed by atoms with Crippen molar-refractivity contribution in [1.29, 1.82) is 0 Å². The lowest BCUT2D eigenvalue weighted by molar-refractivity contribution is -0.143. The fraction of sp³-hybridized carbons (Fsp3) is 0.400. The summed E-state index contributed by atoms with van der Waals surface area (Å²) in [6.45, 7) is 1.17. The molecule has 10 heteroatoms. The molecule has 1 aromatic heterocycles. The molecule has 134 valence electrons. The predicted octanol–water partition coefficient (Wildman–Crippen LogP) is 1.86.